The van der Waals surface area contributed by atoms with Gasteiger partial charge in [0.25, 0.3) is 0 Å². The number of amides is 1. The van der Waals surface area contributed by atoms with Crippen LogP contribution in [0.3, 0.4) is 0 Å². The standard InChI is InChI=1S/C12H24N2OS/c1-16-10-7-11(13)12(15)14-8-5-3-2-4-6-9-14/h11H,2-10,13H2,1H3. The zero-order chi connectivity index (χ0) is 11.8. The van der Waals surface area contributed by atoms with Crippen molar-refractivity contribution < 1.29 is 4.79 Å². The fraction of sp³-hybridized carbons (Fsp3) is 0.917. The highest BCUT2D eigenvalue weighted by Crippen LogP contribution is 2.12. The second-order valence-corrected chi connectivity index (χ2v) is 5.47. The SMILES string of the molecule is CSCCC(N)C(=O)N1CCCCCCC1. The number of rotatable bonds is 4. The van der Waals surface area contributed by atoms with E-state index in [-0.39, 0.29) is 11.9 Å². The van der Waals surface area contributed by atoms with Gasteiger partial charge in [0.1, 0.15) is 0 Å². The lowest BCUT2D eigenvalue weighted by Crippen LogP contribution is -2.45. The first-order chi connectivity index (χ1) is 7.75. The Morgan fingerprint density at radius 2 is 1.81 bits per heavy atom. The highest BCUT2D eigenvalue weighted by atomic mass is 32.2. The second-order valence-electron chi connectivity index (χ2n) is 4.48. The van der Waals surface area contributed by atoms with Crippen LogP contribution in [0.1, 0.15) is 38.5 Å². The zero-order valence-electron chi connectivity index (χ0n) is 10.3. The van der Waals surface area contributed by atoms with Crippen molar-refractivity contribution in [1.82, 2.24) is 4.90 Å². The lowest BCUT2D eigenvalue weighted by Gasteiger charge is -2.27. The molecule has 1 saturated heterocycles. The van der Waals surface area contributed by atoms with Crippen LogP contribution in [0.15, 0.2) is 0 Å². The number of hydrogen-bond acceptors (Lipinski definition) is 3. The van der Waals surface area contributed by atoms with Gasteiger partial charge in [0, 0.05) is 13.1 Å². The average Bonchev–Trinajstić information content (AvgIpc) is 2.24. The quantitative estimate of drug-likeness (QED) is 0.821. The predicted octanol–water partition coefficient (Wildman–Crippen LogP) is 1.86. The van der Waals surface area contributed by atoms with Crippen molar-refractivity contribution in [2.24, 2.45) is 5.73 Å². The molecule has 1 aliphatic heterocycles. The van der Waals surface area contributed by atoms with Gasteiger partial charge in [-0.15, -0.1) is 0 Å². The van der Waals surface area contributed by atoms with E-state index in [0.29, 0.717) is 0 Å². The molecule has 1 aliphatic rings. The van der Waals surface area contributed by atoms with E-state index in [1.54, 1.807) is 11.8 Å². The Bertz CT molecular complexity index is 203. The van der Waals surface area contributed by atoms with Crippen LogP contribution in [-0.2, 0) is 4.79 Å². The van der Waals surface area contributed by atoms with Gasteiger partial charge in [0.15, 0.2) is 0 Å². The van der Waals surface area contributed by atoms with E-state index >= 15 is 0 Å². The van der Waals surface area contributed by atoms with Gasteiger partial charge in [-0.2, -0.15) is 11.8 Å². The van der Waals surface area contributed by atoms with E-state index in [4.69, 9.17) is 5.73 Å². The average molecular weight is 244 g/mol. The van der Waals surface area contributed by atoms with Gasteiger partial charge in [0.05, 0.1) is 6.04 Å². The summed E-state index contributed by atoms with van der Waals surface area (Å²) >= 11 is 1.75. The van der Waals surface area contributed by atoms with Crippen LogP contribution in [-0.4, -0.2) is 41.9 Å². The molecule has 0 saturated carbocycles. The van der Waals surface area contributed by atoms with E-state index in [0.717, 1.165) is 38.1 Å². The molecule has 1 amide bonds. The number of hydrogen-bond donors (Lipinski definition) is 1. The summed E-state index contributed by atoms with van der Waals surface area (Å²) < 4.78 is 0. The van der Waals surface area contributed by atoms with Crippen LogP contribution in [0.4, 0.5) is 0 Å². The summed E-state index contributed by atoms with van der Waals surface area (Å²) in [5.41, 5.74) is 5.92. The molecule has 2 N–H and O–H groups in total. The van der Waals surface area contributed by atoms with Crippen molar-refractivity contribution in [3.05, 3.63) is 0 Å². The molecule has 0 aliphatic carbocycles. The van der Waals surface area contributed by atoms with Gasteiger partial charge in [-0.3, -0.25) is 4.79 Å². The fourth-order valence-electron chi connectivity index (χ4n) is 2.07. The summed E-state index contributed by atoms with van der Waals surface area (Å²) in [6.45, 7) is 1.82. The molecule has 0 aromatic rings. The summed E-state index contributed by atoms with van der Waals surface area (Å²) in [6.07, 6.45) is 8.96. The van der Waals surface area contributed by atoms with Crippen molar-refractivity contribution in [2.45, 2.75) is 44.6 Å². The van der Waals surface area contributed by atoms with Crippen molar-refractivity contribution in [3.63, 3.8) is 0 Å². The molecule has 0 aromatic carbocycles. The predicted molar refractivity (Wildman–Crippen MR) is 70.6 cm³/mol. The van der Waals surface area contributed by atoms with E-state index in [9.17, 15) is 4.79 Å². The fourth-order valence-corrected chi connectivity index (χ4v) is 2.56. The number of likely N-dealkylation sites (tertiary alicyclic amines) is 1. The molecule has 16 heavy (non-hydrogen) atoms. The van der Waals surface area contributed by atoms with Crippen molar-refractivity contribution >= 4 is 17.7 Å². The monoisotopic (exact) mass is 244 g/mol. The molecule has 0 radical (unpaired) electrons. The van der Waals surface area contributed by atoms with Crippen molar-refractivity contribution in [2.75, 3.05) is 25.1 Å². The molecule has 0 aromatic heterocycles. The third-order valence-corrected chi connectivity index (χ3v) is 3.76. The highest BCUT2D eigenvalue weighted by molar-refractivity contribution is 7.98. The highest BCUT2D eigenvalue weighted by Gasteiger charge is 2.20. The summed E-state index contributed by atoms with van der Waals surface area (Å²) in [6, 6.07) is -0.285. The molecule has 3 nitrogen and oxygen atoms in total. The molecule has 1 heterocycles. The van der Waals surface area contributed by atoms with Crippen LogP contribution in [0.25, 0.3) is 0 Å². The number of carbonyl (C=O) groups is 1. The van der Waals surface area contributed by atoms with E-state index in [1.807, 2.05) is 11.2 Å². The minimum Gasteiger partial charge on any atom is -0.341 e. The summed E-state index contributed by atoms with van der Waals surface area (Å²) in [5.74, 6) is 1.14. The minimum absolute atomic E-state index is 0.163. The molecular weight excluding hydrogens is 220 g/mol. The second kappa shape index (κ2) is 7.96. The van der Waals surface area contributed by atoms with Gasteiger partial charge in [-0.1, -0.05) is 19.3 Å². The van der Waals surface area contributed by atoms with Gasteiger partial charge >= 0.3 is 0 Å². The number of carbonyl (C=O) groups excluding carboxylic acids is 1. The molecular formula is C12H24N2OS. The van der Waals surface area contributed by atoms with Gasteiger partial charge < -0.3 is 10.6 Å². The molecule has 1 rings (SSSR count). The Kier molecular flexibility index (Phi) is 6.88. The van der Waals surface area contributed by atoms with E-state index in [1.165, 1.54) is 19.3 Å². The van der Waals surface area contributed by atoms with Crippen LogP contribution in [0, 0.1) is 0 Å². The maximum Gasteiger partial charge on any atom is 0.239 e. The lowest BCUT2D eigenvalue weighted by molar-refractivity contribution is -0.133. The van der Waals surface area contributed by atoms with Crippen molar-refractivity contribution in [1.29, 1.82) is 0 Å². The summed E-state index contributed by atoms with van der Waals surface area (Å²) in [5, 5.41) is 0. The lowest BCUT2D eigenvalue weighted by atomic mass is 10.1. The van der Waals surface area contributed by atoms with Crippen LogP contribution < -0.4 is 5.73 Å². The Morgan fingerprint density at radius 1 is 1.25 bits per heavy atom. The third-order valence-electron chi connectivity index (χ3n) is 3.12. The Labute approximate surface area is 103 Å². The van der Waals surface area contributed by atoms with Crippen molar-refractivity contribution in [3.8, 4) is 0 Å². The smallest absolute Gasteiger partial charge is 0.239 e. The molecule has 94 valence electrons. The Morgan fingerprint density at radius 3 is 2.38 bits per heavy atom. The number of nitrogens with zero attached hydrogens (tertiary/aromatic N) is 1. The number of thioether (sulfide) groups is 1. The largest absolute Gasteiger partial charge is 0.341 e. The number of nitrogens with two attached hydrogens (primary N) is 1. The summed E-state index contributed by atoms with van der Waals surface area (Å²) in [4.78, 5) is 14.0. The third kappa shape index (κ3) is 4.74. The molecule has 0 spiro atoms. The topological polar surface area (TPSA) is 46.3 Å². The maximum atomic E-state index is 12.1. The van der Waals surface area contributed by atoms with Crippen LogP contribution in [0.5, 0.6) is 0 Å². The summed E-state index contributed by atoms with van der Waals surface area (Å²) in [7, 11) is 0. The van der Waals surface area contributed by atoms with Gasteiger partial charge in [-0.05, 0) is 31.3 Å². The molecule has 1 unspecified atom stereocenters. The first-order valence-corrected chi connectivity index (χ1v) is 7.68. The molecule has 1 fully saturated rings. The molecule has 0 bridgehead atoms. The minimum atomic E-state index is -0.285. The maximum absolute atomic E-state index is 12.1. The van der Waals surface area contributed by atoms with Gasteiger partial charge in [0.2, 0.25) is 5.91 Å². The van der Waals surface area contributed by atoms with E-state index in [2.05, 4.69) is 0 Å². The zero-order valence-corrected chi connectivity index (χ0v) is 11.1. The molecule has 1 atom stereocenters. The normalized spacial score (nSPS) is 20.0. The Hall–Kier alpha value is -0.220. The van der Waals surface area contributed by atoms with Crippen LogP contribution >= 0.6 is 11.8 Å². The van der Waals surface area contributed by atoms with Gasteiger partial charge in [-0.25, -0.2) is 0 Å². The first kappa shape index (κ1) is 13.8. The first-order valence-electron chi connectivity index (χ1n) is 6.29. The Balaban J connectivity index is 2.37. The van der Waals surface area contributed by atoms with Crippen LogP contribution in [0.2, 0.25) is 0 Å². The van der Waals surface area contributed by atoms with E-state index < -0.39 is 0 Å². The molecule has 4 heteroatoms.